The molecule has 16 heavy (non-hydrogen) atoms. The molecule has 6 heteroatoms. The zero-order valence-corrected chi connectivity index (χ0v) is 9.25. The maximum absolute atomic E-state index is 11.2. The van der Waals surface area contributed by atoms with Crippen molar-refractivity contribution in [1.29, 1.82) is 0 Å². The highest BCUT2D eigenvalue weighted by atomic mass is 32.1. The third-order valence-electron chi connectivity index (χ3n) is 1.63. The smallest absolute Gasteiger partial charge is 0.349 e. The van der Waals surface area contributed by atoms with Crippen molar-refractivity contribution in [3.05, 3.63) is 29.0 Å². The van der Waals surface area contributed by atoms with Gasteiger partial charge in [-0.25, -0.2) is 4.79 Å². The van der Waals surface area contributed by atoms with Crippen LogP contribution < -0.4 is 10.1 Å². The van der Waals surface area contributed by atoms with Gasteiger partial charge in [-0.3, -0.25) is 4.79 Å². The zero-order valence-electron chi connectivity index (χ0n) is 8.43. The topological polar surface area (TPSA) is 75.6 Å². The summed E-state index contributed by atoms with van der Waals surface area (Å²) >= 11 is 1.05. The number of hydrogen-bond donors (Lipinski definition) is 2. The number of carboxylic acids is 1. The van der Waals surface area contributed by atoms with Crippen LogP contribution in [0.5, 0.6) is 5.75 Å². The van der Waals surface area contributed by atoms with E-state index in [-0.39, 0.29) is 23.1 Å². The minimum absolute atomic E-state index is 0.0940. The van der Waals surface area contributed by atoms with Gasteiger partial charge in [0.15, 0.2) is 11.5 Å². The number of amides is 1. The largest absolute Gasteiger partial charge is 0.482 e. The third kappa shape index (κ3) is 3.39. The average Bonchev–Trinajstić information content (AvgIpc) is 2.71. The van der Waals surface area contributed by atoms with Gasteiger partial charge in [0.1, 0.15) is 5.75 Å². The first-order valence-corrected chi connectivity index (χ1v) is 5.34. The number of aromatic carboxylic acids is 1. The molecule has 1 aromatic rings. The van der Waals surface area contributed by atoms with E-state index in [1.54, 1.807) is 11.5 Å². The van der Waals surface area contributed by atoms with E-state index >= 15 is 0 Å². The van der Waals surface area contributed by atoms with Gasteiger partial charge >= 0.3 is 5.97 Å². The molecule has 0 saturated heterocycles. The molecule has 0 saturated carbocycles. The summed E-state index contributed by atoms with van der Waals surface area (Å²) in [5, 5.41) is 12.9. The number of ether oxygens (including phenoxy) is 1. The lowest BCUT2D eigenvalue weighted by Crippen LogP contribution is -2.28. The molecule has 0 aromatic carbocycles. The van der Waals surface area contributed by atoms with Gasteiger partial charge in [-0.2, -0.15) is 0 Å². The summed E-state index contributed by atoms with van der Waals surface area (Å²) in [6, 6.07) is 1.52. The molecule has 2 N–H and O–H groups in total. The molecule has 0 fully saturated rings. The monoisotopic (exact) mass is 241 g/mol. The van der Waals surface area contributed by atoms with Gasteiger partial charge in [-0.15, -0.1) is 17.9 Å². The first-order valence-electron chi connectivity index (χ1n) is 4.46. The maximum atomic E-state index is 11.2. The van der Waals surface area contributed by atoms with Crippen LogP contribution in [0.15, 0.2) is 24.1 Å². The van der Waals surface area contributed by atoms with Gasteiger partial charge in [0, 0.05) is 6.54 Å². The van der Waals surface area contributed by atoms with Crippen LogP contribution in [0.2, 0.25) is 0 Å². The Bertz CT molecular complexity index is 399. The fraction of sp³-hybridized carbons (Fsp3) is 0.200. The van der Waals surface area contributed by atoms with Crippen LogP contribution in [0.1, 0.15) is 9.67 Å². The zero-order chi connectivity index (χ0) is 12.0. The molecule has 1 heterocycles. The normalized spacial score (nSPS) is 9.50. The first-order chi connectivity index (χ1) is 7.65. The van der Waals surface area contributed by atoms with Crippen LogP contribution >= 0.6 is 11.3 Å². The lowest BCUT2D eigenvalue weighted by molar-refractivity contribution is -0.122. The minimum atomic E-state index is -1.06. The number of nitrogens with one attached hydrogen (secondary N) is 1. The summed E-state index contributed by atoms with van der Waals surface area (Å²) in [6.45, 7) is 3.60. The lowest BCUT2D eigenvalue weighted by Gasteiger charge is -2.05. The Labute approximate surface area is 96.4 Å². The van der Waals surface area contributed by atoms with E-state index in [4.69, 9.17) is 9.84 Å². The third-order valence-corrected chi connectivity index (χ3v) is 2.51. The molecular formula is C10H11NO4S. The summed E-state index contributed by atoms with van der Waals surface area (Å²) in [6.07, 6.45) is 1.55. The Morgan fingerprint density at radius 3 is 3.00 bits per heavy atom. The SMILES string of the molecule is C=CCNC(=O)COc1ccsc1C(=O)O. The van der Waals surface area contributed by atoms with Crippen molar-refractivity contribution < 1.29 is 19.4 Å². The number of carboxylic acid groups (broad SMARTS) is 1. The molecule has 5 nitrogen and oxygen atoms in total. The van der Waals surface area contributed by atoms with E-state index in [1.165, 1.54) is 6.07 Å². The maximum Gasteiger partial charge on any atom is 0.349 e. The second kappa shape index (κ2) is 5.92. The molecule has 0 bridgehead atoms. The van der Waals surface area contributed by atoms with E-state index in [0.29, 0.717) is 6.54 Å². The molecule has 1 aromatic heterocycles. The molecule has 0 atom stereocenters. The molecule has 0 aliphatic rings. The Morgan fingerprint density at radius 2 is 2.38 bits per heavy atom. The quantitative estimate of drug-likeness (QED) is 0.732. The first kappa shape index (κ1) is 12.3. The van der Waals surface area contributed by atoms with Gasteiger partial charge in [-0.1, -0.05) is 6.08 Å². The molecule has 0 aliphatic carbocycles. The van der Waals surface area contributed by atoms with Gasteiger partial charge in [0.2, 0.25) is 0 Å². The molecule has 0 radical (unpaired) electrons. The van der Waals surface area contributed by atoms with Crippen LogP contribution in [-0.2, 0) is 4.79 Å². The van der Waals surface area contributed by atoms with Crippen LogP contribution in [-0.4, -0.2) is 30.1 Å². The van der Waals surface area contributed by atoms with Crippen LogP contribution in [0.25, 0.3) is 0 Å². The molecule has 1 rings (SSSR count). The van der Waals surface area contributed by atoms with Crippen LogP contribution in [0.3, 0.4) is 0 Å². The fourth-order valence-corrected chi connectivity index (χ4v) is 1.62. The van der Waals surface area contributed by atoms with Gasteiger partial charge in [0.05, 0.1) is 0 Å². The van der Waals surface area contributed by atoms with Crippen molar-refractivity contribution >= 4 is 23.2 Å². The number of carbonyl (C=O) groups is 2. The second-order valence-electron chi connectivity index (χ2n) is 2.80. The lowest BCUT2D eigenvalue weighted by atomic mass is 10.4. The van der Waals surface area contributed by atoms with Crippen molar-refractivity contribution in [2.45, 2.75) is 0 Å². The second-order valence-corrected chi connectivity index (χ2v) is 3.72. The Balaban J connectivity index is 2.48. The Kier molecular flexibility index (Phi) is 4.53. The summed E-state index contributed by atoms with van der Waals surface area (Å²) < 4.78 is 5.08. The van der Waals surface area contributed by atoms with E-state index in [9.17, 15) is 9.59 Å². The predicted octanol–water partition coefficient (Wildman–Crippen LogP) is 1.13. The minimum Gasteiger partial charge on any atom is -0.482 e. The van der Waals surface area contributed by atoms with E-state index in [2.05, 4.69) is 11.9 Å². The Hall–Kier alpha value is -1.82. The summed E-state index contributed by atoms with van der Waals surface area (Å²) in [7, 11) is 0. The summed E-state index contributed by atoms with van der Waals surface area (Å²) in [5.41, 5.74) is 0. The van der Waals surface area contributed by atoms with Crippen molar-refractivity contribution in [2.75, 3.05) is 13.2 Å². The average molecular weight is 241 g/mol. The van der Waals surface area contributed by atoms with Crippen molar-refractivity contribution in [2.24, 2.45) is 0 Å². The van der Waals surface area contributed by atoms with Crippen molar-refractivity contribution in [3.8, 4) is 5.75 Å². The predicted molar refractivity (Wildman–Crippen MR) is 60.0 cm³/mol. The number of rotatable bonds is 6. The molecule has 0 spiro atoms. The summed E-state index contributed by atoms with van der Waals surface area (Å²) in [5.74, 6) is -1.16. The van der Waals surface area contributed by atoms with Crippen LogP contribution in [0.4, 0.5) is 0 Å². The molecule has 0 aliphatic heterocycles. The van der Waals surface area contributed by atoms with Gasteiger partial charge in [0.25, 0.3) is 5.91 Å². The molecule has 0 unspecified atom stereocenters. The molecular weight excluding hydrogens is 230 g/mol. The standard InChI is InChI=1S/C10H11NO4S/c1-2-4-11-8(12)6-15-7-3-5-16-9(7)10(13)14/h2-3,5H,1,4,6H2,(H,11,12)(H,13,14). The van der Waals surface area contributed by atoms with E-state index in [0.717, 1.165) is 11.3 Å². The highest BCUT2D eigenvalue weighted by Crippen LogP contribution is 2.24. The van der Waals surface area contributed by atoms with Crippen molar-refractivity contribution in [3.63, 3.8) is 0 Å². The van der Waals surface area contributed by atoms with E-state index in [1.807, 2.05) is 0 Å². The number of hydrogen-bond acceptors (Lipinski definition) is 4. The van der Waals surface area contributed by atoms with Crippen LogP contribution in [0, 0.1) is 0 Å². The van der Waals surface area contributed by atoms with E-state index < -0.39 is 5.97 Å². The van der Waals surface area contributed by atoms with Gasteiger partial charge in [-0.05, 0) is 11.4 Å². The van der Waals surface area contributed by atoms with Gasteiger partial charge < -0.3 is 15.2 Å². The number of thiophene rings is 1. The van der Waals surface area contributed by atoms with Crippen molar-refractivity contribution in [1.82, 2.24) is 5.32 Å². The molecule has 86 valence electrons. The number of carbonyl (C=O) groups excluding carboxylic acids is 1. The Morgan fingerprint density at radius 1 is 1.62 bits per heavy atom. The highest BCUT2D eigenvalue weighted by molar-refractivity contribution is 7.12. The fourth-order valence-electron chi connectivity index (χ4n) is 0.947. The summed E-state index contributed by atoms with van der Waals surface area (Å²) in [4.78, 5) is 22.0. The molecule has 1 amide bonds. The highest BCUT2D eigenvalue weighted by Gasteiger charge is 2.13.